The van der Waals surface area contributed by atoms with Gasteiger partial charge in [-0.1, -0.05) is 11.6 Å². The lowest BCUT2D eigenvalue weighted by Crippen LogP contribution is -2.31. The molecule has 0 atom stereocenters. The fourth-order valence-electron chi connectivity index (χ4n) is 2.64. The van der Waals surface area contributed by atoms with E-state index in [-0.39, 0.29) is 22.0 Å². The Labute approximate surface area is 161 Å². The monoisotopic (exact) mass is 417 g/mol. The Morgan fingerprint density at radius 1 is 1.35 bits per heavy atom. The molecule has 1 aliphatic heterocycles. The van der Waals surface area contributed by atoms with E-state index in [9.17, 15) is 14.0 Å². The van der Waals surface area contributed by atoms with Gasteiger partial charge in [-0.15, -0.1) is 11.8 Å². The number of halogens is 2. The summed E-state index contributed by atoms with van der Waals surface area (Å²) in [6, 6.07) is 2.75. The summed E-state index contributed by atoms with van der Waals surface area (Å²) in [5.41, 5.74) is 0.123. The van der Waals surface area contributed by atoms with E-state index in [1.807, 2.05) is 0 Å². The number of carboxylic acid groups (broad SMARTS) is 1. The Hall–Kier alpha value is -1.58. The molecular weight excluding hydrogens is 401 g/mol. The summed E-state index contributed by atoms with van der Waals surface area (Å²) in [4.78, 5) is 28.0. The number of aliphatic carboxylic acids is 1. The van der Waals surface area contributed by atoms with Crippen molar-refractivity contribution in [2.24, 2.45) is 4.99 Å². The summed E-state index contributed by atoms with van der Waals surface area (Å²) in [6.45, 7) is 1.34. The van der Waals surface area contributed by atoms with Gasteiger partial charge in [0.05, 0.1) is 5.02 Å². The maximum absolute atomic E-state index is 14.3. The largest absolute Gasteiger partial charge is 0.481 e. The number of aromatic nitrogens is 2. The predicted octanol–water partition coefficient (Wildman–Crippen LogP) is 3.49. The molecule has 1 aromatic carbocycles. The van der Waals surface area contributed by atoms with Crippen LogP contribution in [-0.4, -0.2) is 26.2 Å². The van der Waals surface area contributed by atoms with Gasteiger partial charge in [0.2, 0.25) is 4.80 Å². The lowest BCUT2D eigenvalue weighted by atomic mass is 10.3. The van der Waals surface area contributed by atoms with E-state index in [0.717, 1.165) is 24.2 Å². The molecule has 0 amide bonds. The summed E-state index contributed by atoms with van der Waals surface area (Å²) >= 11 is 8.45. The van der Waals surface area contributed by atoms with E-state index in [1.165, 1.54) is 17.8 Å². The van der Waals surface area contributed by atoms with E-state index in [2.05, 4.69) is 4.99 Å². The number of nitrogens with zero attached hydrogens (tertiary/aromatic N) is 3. The zero-order chi connectivity index (χ0) is 18.7. The highest BCUT2D eigenvalue weighted by molar-refractivity contribution is 7.99. The highest BCUT2D eigenvalue weighted by Crippen LogP contribution is 2.33. The van der Waals surface area contributed by atoms with Crippen molar-refractivity contribution < 1.29 is 14.3 Å². The number of carbonyl (C=O) groups is 1. The average molecular weight is 418 g/mol. The van der Waals surface area contributed by atoms with Crippen LogP contribution < -0.4 is 9.67 Å². The molecule has 2 heterocycles. The first-order chi connectivity index (χ1) is 12.5. The van der Waals surface area contributed by atoms with Gasteiger partial charge in [-0.3, -0.25) is 14.3 Å². The number of carboxylic acids is 1. The maximum atomic E-state index is 14.3. The smallest absolute Gasteiger partial charge is 0.325 e. The number of thioether (sulfide) groups is 1. The van der Waals surface area contributed by atoms with Crippen molar-refractivity contribution in [3.8, 4) is 0 Å². The molecule has 10 heteroatoms. The number of fused-ring (bicyclic) bond motifs is 1. The molecule has 1 aromatic heterocycles. The first-order valence-corrected chi connectivity index (χ1v) is 10.3. The Bertz CT molecular complexity index is 951. The third-order valence-electron chi connectivity index (χ3n) is 3.90. The molecule has 0 unspecified atom stereocenters. The van der Waals surface area contributed by atoms with Gasteiger partial charge in [-0.2, -0.15) is 0 Å². The van der Waals surface area contributed by atoms with Gasteiger partial charge in [0, 0.05) is 24.4 Å². The quantitative estimate of drug-likeness (QED) is 0.576. The van der Waals surface area contributed by atoms with Gasteiger partial charge < -0.3 is 5.11 Å². The van der Waals surface area contributed by atoms with Crippen LogP contribution in [0.2, 0.25) is 5.02 Å². The standard InChI is InChI=1S/C16H17ClFN3O3S2/c17-10-8-11(18)12(9-13(10)25-7-3-4-14(22)23)19-15-20-5-1-2-6-21(20)16(24)26-15/h8-9H,1-7H2,(H,22,23). The summed E-state index contributed by atoms with van der Waals surface area (Å²) in [6.07, 6.45) is 2.47. The first kappa shape index (κ1) is 19.2. The minimum absolute atomic E-state index is 0.0739. The minimum Gasteiger partial charge on any atom is -0.481 e. The van der Waals surface area contributed by atoms with E-state index in [1.54, 1.807) is 15.4 Å². The van der Waals surface area contributed by atoms with Crippen molar-refractivity contribution >= 4 is 46.4 Å². The molecule has 1 aliphatic rings. The normalized spacial score (nSPS) is 14.5. The van der Waals surface area contributed by atoms with Crippen LogP contribution in [0.3, 0.4) is 0 Å². The van der Waals surface area contributed by atoms with Gasteiger partial charge in [-0.25, -0.2) is 14.1 Å². The zero-order valence-electron chi connectivity index (χ0n) is 13.8. The zero-order valence-corrected chi connectivity index (χ0v) is 16.2. The molecule has 0 bridgehead atoms. The Morgan fingerprint density at radius 3 is 2.81 bits per heavy atom. The van der Waals surface area contributed by atoms with Crippen LogP contribution in [0.25, 0.3) is 0 Å². The number of hydrogen-bond donors (Lipinski definition) is 1. The fraction of sp³-hybridized carbons (Fsp3) is 0.438. The van der Waals surface area contributed by atoms with E-state index < -0.39 is 11.8 Å². The molecule has 3 rings (SSSR count). The molecule has 2 aromatic rings. The lowest BCUT2D eigenvalue weighted by Gasteiger charge is -2.15. The van der Waals surface area contributed by atoms with Gasteiger partial charge >= 0.3 is 10.8 Å². The van der Waals surface area contributed by atoms with Crippen molar-refractivity contribution in [1.82, 2.24) is 9.36 Å². The molecule has 140 valence electrons. The maximum Gasteiger partial charge on any atom is 0.325 e. The third kappa shape index (κ3) is 4.39. The second kappa shape index (κ2) is 8.41. The van der Waals surface area contributed by atoms with E-state index >= 15 is 0 Å². The van der Waals surface area contributed by atoms with Crippen molar-refractivity contribution in [1.29, 1.82) is 0 Å². The summed E-state index contributed by atoms with van der Waals surface area (Å²) < 4.78 is 17.7. The molecule has 1 N–H and O–H groups in total. The molecule has 6 nitrogen and oxygen atoms in total. The molecule has 0 fully saturated rings. The van der Waals surface area contributed by atoms with Crippen LogP contribution in [0.1, 0.15) is 25.7 Å². The van der Waals surface area contributed by atoms with Crippen LogP contribution in [0.4, 0.5) is 10.1 Å². The Morgan fingerprint density at radius 2 is 2.08 bits per heavy atom. The summed E-state index contributed by atoms with van der Waals surface area (Å²) in [7, 11) is 0. The van der Waals surface area contributed by atoms with Crippen LogP contribution in [0.5, 0.6) is 0 Å². The third-order valence-corrected chi connectivity index (χ3v) is 6.34. The second-order valence-corrected chi connectivity index (χ2v) is 8.26. The van der Waals surface area contributed by atoms with Crippen molar-refractivity contribution in [3.05, 3.63) is 37.4 Å². The molecule has 26 heavy (non-hydrogen) atoms. The number of rotatable bonds is 6. The molecule has 0 saturated carbocycles. The minimum atomic E-state index is -0.850. The van der Waals surface area contributed by atoms with Crippen molar-refractivity contribution in [2.75, 3.05) is 5.75 Å². The highest BCUT2D eigenvalue weighted by Gasteiger charge is 2.14. The van der Waals surface area contributed by atoms with Crippen molar-refractivity contribution in [2.45, 2.75) is 43.7 Å². The van der Waals surface area contributed by atoms with Crippen LogP contribution in [0, 0.1) is 5.82 Å². The van der Waals surface area contributed by atoms with E-state index in [4.69, 9.17) is 16.7 Å². The number of hydrogen-bond acceptors (Lipinski definition) is 5. The molecule has 0 saturated heterocycles. The molecule has 0 spiro atoms. The van der Waals surface area contributed by atoms with Crippen LogP contribution in [-0.2, 0) is 17.9 Å². The van der Waals surface area contributed by atoms with Gasteiger partial charge in [0.1, 0.15) is 11.5 Å². The second-order valence-electron chi connectivity index (χ2n) is 5.80. The van der Waals surface area contributed by atoms with Gasteiger partial charge in [0.15, 0.2) is 0 Å². The van der Waals surface area contributed by atoms with Crippen LogP contribution in [0.15, 0.2) is 26.8 Å². The average Bonchev–Trinajstić information content (AvgIpc) is 2.91. The Balaban J connectivity index is 1.90. The SMILES string of the molecule is O=C(O)CCCSc1cc(N=c2sc(=O)n3n2CCCC3)c(F)cc1Cl. The summed E-state index contributed by atoms with van der Waals surface area (Å²) in [5.74, 6) is -0.848. The molecule has 0 radical (unpaired) electrons. The predicted molar refractivity (Wildman–Crippen MR) is 100 cm³/mol. The van der Waals surface area contributed by atoms with Crippen molar-refractivity contribution in [3.63, 3.8) is 0 Å². The van der Waals surface area contributed by atoms with Crippen LogP contribution >= 0.6 is 34.7 Å². The Kier molecular flexibility index (Phi) is 6.20. The number of benzene rings is 1. The molecule has 0 aliphatic carbocycles. The topological polar surface area (TPSA) is 76.6 Å². The first-order valence-electron chi connectivity index (χ1n) is 8.15. The highest BCUT2D eigenvalue weighted by atomic mass is 35.5. The fourth-order valence-corrected chi connectivity index (χ4v) is 4.75. The summed E-state index contributed by atoms with van der Waals surface area (Å²) in [5, 5.41) is 8.95. The van der Waals surface area contributed by atoms with E-state index in [0.29, 0.717) is 35.0 Å². The molecular formula is C16H17ClFN3O3S2. The van der Waals surface area contributed by atoms with Gasteiger partial charge in [0.25, 0.3) is 0 Å². The van der Waals surface area contributed by atoms with Gasteiger partial charge in [-0.05, 0) is 48.5 Å². The lowest BCUT2D eigenvalue weighted by molar-refractivity contribution is -0.137.